The molecule has 0 bridgehead atoms. The molecular formula is C8H11F3N4S. The van der Waals surface area contributed by atoms with Crippen molar-refractivity contribution in [1.29, 1.82) is 0 Å². The Morgan fingerprint density at radius 1 is 1.44 bits per heavy atom. The highest BCUT2D eigenvalue weighted by Crippen LogP contribution is 2.29. The summed E-state index contributed by atoms with van der Waals surface area (Å²) >= 11 is 1.05. The maximum Gasteiger partial charge on any atom is 0.433 e. The summed E-state index contributed by atoms with van der Waals surface area (Å²) in [5.74, 6) is 0.136. The summed E-state index contributed by atoms with van der Waals surface area (Å²) in [5.41, 5.74) is 4.28. The smallest absolute Gasteiger partial charge is 0.369 e. The van der Waals surface area contributed by atoms with E-state index in [9.17, 15) is 13.2 Å². The highest BCUT2D eigenvalue weighted by Gasteiger charge is 2.33. The molecular weight excluding hydrogens is 241 g/mol. The number of halogens is 3. The van der Waals surface area contributed by atoms with Crippen LogP contribution in [0.1, 0.15) is 5.69 Å². The van der Waals surface area contributed by atoms with Crippen LogP contribution < -0.4 is 11.1 Å². The predicted octanol–water partition coefficient (Wildman–Crippen LogP) is 1.59. The zero-order chi connectivity index (χ0) is 12.2. The molecule has 0 aliphatic heterocycles. The lowest BCUT2D eigenvalue weighted by atomic mass is 10.4. The van der Waals surface area contributed by atoms with E-state index in [2.05, 4.69) is 15.3 Å². The molecule has 0 amide bonds. The SMILES string of the molecule is CSc1nc(NCCN)cc(C(F)(F)F)n1. The van der Waals surface area contributed by atoms with Gasteiger partial charge in [0.25, 0.3) is 0 Å². The second kappa shape index (κ2) is 5.35. The Labute approximate surface area is 94.8 Å². The normalized spacial score (nSPS) is 11.6. The summed E-state index contributed by atoms with van der Waals surface area (Å²) in [6, 6.07) is 0.870. The van der Waals surface area contributed by atoms with Crippen LogP contribution in [0.25, 0.3) is 0 Å². The zero-order valence-corrected chi connectivity index (χ0v) is 9.32. The summed E-state index contributed by atoms with van der Waals surface area (Å²) in [7, 11) is 0. The average Bonchev–Trinajstić information content (AvgIpc) is 2.24. The van der Waals surface area contributed by atoms with Crippen molar-refractivity contribution in [1.82, 2.24) is 9.97 Å². The van der Waals surface area contributed by atoms with Gasteiger partial charge in [0, 0.05) is 19.2 Å². The number of rotatable bonds is 4. The predicted molar refractivity (Wildman–Crippen MR) is 56.4 cm³/mol. The highest BCUT2D eigenvalue weighted by atomic mass is 32.2. The maximum atomic E-state index is 12.5. The van der Waals surface area contributed by atoms with Crippen molar-refractivity contribution in [2.24, 2.45) is 5.73 Å². The minimum absolute atomic E-state index is 0.0781. The Kier molecular flexibility index (Phi) is 4.36. The third-order valence-corrected chi connectivity index (χ3v) is 2.18. The number of nitrogens with zero attached hydrogens (tertiary/aromatic N) is 2. The Hall–Kier alpha value is -1.02. The summed E-state index contributed by atoms with van der Waals surface area (Å²) < 4.78 is 37.4. The van der Waals surface area contributed by atoms with Gasteiger partial charge in [-0.25, -0.2) is 9.97 Å². The van der Waals surface area contributed by atoms with Crippen LogP contribution in [0.5, 0.6) is 0 Å². The number of aromatic nitrogens is 2. The minimum atomic E-state index is -4.47. The van der Waals surface area contributed by atoms with Gasteiger partial charge in [0.05, 0.1) is 0 Å². The van der Waals surface area contributed by atoms with Gasteiger partial charge in [0.15, 0.2) is 10.9 Å². The van der Waals surface area contributed by atoms with Gasteiger partial charge in [-0.3, -0.25) is 0 Å². The third kappa shape index (κ3) is 3.53. The number of nitrogens with one attached hydrogen (secondary N) is 1. The van der Waals surface area contributed by atoms with E-state index in [1.807, 2.05) is 0 Å². The topological polar surface area (TPSA) is 63.8 Å². The molecule has 0 atom stereocenters. The van der Waals surface area contributed by atoms with Crippen LogP contribution in [0.2, 0.25) is 0 Å². The molecule has 3 N–H and O–H groups in total. The van der Waals surface area contributed by atoms with Crippen LogP contribution in [0, 0.1) is 0 Å². The molecule has 4 nitrogen and oxygen atoms in total. The lowest BCUT2D eigenvalue weighted by Crippen LogP contribution is -2.16. The molecule has 90 valence electrons. The van der Waals surface area contributed by atoms with Gasteiger partial charge in [0.2, 0.25) is 0 Å². The molecule has 16 heavy (non-hydrogen) atoms. The molecule has 0 aliphatic carbocycles. The van der Waals surface area contributed by atoms with Crippen molar-refractivity contribution < 1.29 is 13.2 Å². The first kappa shape index (κ1) is 13.0. The standard InChI is InChI=1S/C8H11F3N4S/c1-16-7-14-5(8(9,10)11)4-6(15-7)13-3-2-12/h4H,2-3,12H2,1H3,(H,13,14,15). The first-order valence-electron chi connectivity index (χ1n) is 4.41. The van der Waals surface area contributed by atoms with Crippen molar-refractivity contribution in [2.75, 3.05) is 24.7 Å². The Balaban J connectivity index is 3.01. The van der Waals surface area contributed by atoms with Crippen LogP contribution in [-0.4, -0.2) is 29.3 Å². The molecule has 0 saturated heterocycles. The number of nitrogens with two attached hydrogens (primary N) is 1. The second-order valence-corrected chi connectivity index (χ2v) is 3.61. The van der Waals surface area contributed by atoms with E-state index >= 15 is 0 Å². The van der Waals surface area contributed by atoms with Gasteiger partial charge in [-0.2, -0.15) is 13.2 Å². The highest BCUT2D eigenvalue weighted by molar-refractivity contribution is 7.98. The lowest BCUT2D eigenvalue weighted by molar-refractivity contribution is -0.141. The van der Waals surface area contributed by atoms with Crippen molar-refractivity contribution in [3.05, 3.63) is 11.8 Å². The fourth-order valence-corrected chi connectivity index (χ4v) is 1.33. The minimum Gasteiger partial charge on any atom is -0.369 e. The first-order valence-corrected chi connectivity index (χ1v) is 5.64. The molecule has 1 aromatic rings. The van der Waals surface area contributed by atoms with Gasteiger partial charge in [-0.05, 0) is 6.26 Å². The molecule has 0 aliphatic rings. The number of hydrogen-bond donors (Lipinski definition) is 2. The van der Waals surface area contributed by atoms with Gasteiger partial charge in [0.1, 0.15) is 5.82 Å². The molecule has 1 heterocycles. The van der Waals surface area contributed by atoms with E-state index in [-0.39, 0.29) is 11.0 Å². The molecule has 8 heteroatoms. The van der Waals surface area contributed by atoms with Gasteiger partial charge >= 0.3 is 6.18 Å². The fraction of sp³-hybridized carbons (Fsp3) is 0.500. The van der Waals surface area contributed by atoms with E-state index < -0.39 is 11.9 Å². The van der Waals surface area contributed by atoms with E-state index in [1.54, 1.807) is 6.26 Å². The summed E-state index contributed by atoms with van der Waals surface area (Å²) in [6.07, 6.45) is -2.85. The monoisotopic (exact) mass is 252 g/mol. The van der Waals surface area contributed by atoms with Crippen molar-refractivity contribution >= 4 is 17.6 Å². The molecule has 0 spiro atoms. The Morgan fingerprint density at radius 3 is 2.62 bits per heavy atom. The molecule has 0 aromatic carbocycles. The number of thioether (sulfide) groups is 1. The van der Waals surface area contributed by atoms with Crippen LogP contribution in [-0.2, 0) is 6.18 Å². The molecule has 1 aromatic heterocycles. The largest absolute Gasteiger partial charge is 0.433 e. The van der Waals surface area contributed by atoms with Crippen molar-refractivity contribution in [3.8, 4) is 0 Å². The van der Waals surface area contributed by atoms with Crippen molar-refractivity contribution in [3.63, 3.8) is 0 Å². The van der Waals surface area contributed by atoms with Crippen LogP contribution in [0.15, 0.2) is 11.2 Å². The van der Waals surface area contributed by atoms with E-state index in [1.165, 1.54) is 0 Å². The summed E-state index contributed by atoms with van der Waals surface area (Å²) in [5, 5.41) is 2.77. The van der Waals surface area contributed by atoms with Gasteiger partial charge in [-0.1, -0.05) is 11.8 Å². The van der Waals surface area contributed by atoms with E-state index in [0.29, 0.717) is 13.1 Å². The van der Waals surface area contributed by atoms with Crippen LogP contribution in [0.4, 0.5) is 19.0 Å². The van der Waals surface area contributed by atoms with Crippen molar-refractivity contribution in [2.45, 2.75) is 11.3 Å². The van der Waals surface area contributed by atoms with E-state index in [4.69, 9.17) is 5.73 Å². The average molecular weight is 252 g/mol. The quantitative estimate of drug-likeness (QED) is 0.629. The molecule has 0 saturated carbocycles. The maximum absolute atomic E-state index is 12.5. The number of anilines is 1. The second-order valence-electron chi connectivity index (χ2n) is 2.84. The molecule has 0 fully saturated rings. The van der Waals surface area contributed by atoms with E-state index in [0.717, 1.165) is 17.8 Å². The summed E-state index contributed by atoms with van der Waals surface area (Å²) in [6.45, 7) is 0.683. The molecule has 0 radical (unpaired) electrons. The molecule has 1 rings (SSSR count). The van der Waals surface area contributed by atoms with Gasteiger partial charge in [-0.15, -0.1) is 0 Å². The Morgan fingerprint density at radius 2 is 2.12 bits per heavy atom. The number of hydrogen-bond acceptors (Lipinski definition) is 5. The molecule has 0 unspecified atom stereocenters. The summed E-state index contributed by atoms with van der Waals surface area (Å²) in [4.78, 5) is 7.27. The lowest BCUT2D eigenvalue weighted by Gasteiger charge is -2.10. The Bertz CT molecular complexity index is 356. The first-order chi connectivity index (χ1) is 7.47. The zero-order valence-electron chi connectivity index (χ0n) is 8.51. The number of alkyl halides is 3. The van der Waals surface area contributed by atoms with Crippen LogP contribution in [0.3, 0.4) is 0 Å². The third-order valence-electron chi connectivity index (χ3n) is 1.63. The fourth-order valence-electron chi connectivity index (χ4n) is 0.952. The van der Waals surface area contributed by atoms with Crippen LogP contribution >= 0.6 is 11.8 Å². The van der Waals surface area contributed by atoms with Gasteiger partial charge < -0.3 is 11.1 Å².